The van der Waals surface area contributed by atoms with Gasteiger partial charge in [0.1, 0.15) is 0 Å². The van der Waals surface area contributed by atoms with E-state index in [4.69, 9.17) is 18.9 Å². The highest BCUT2D eigenvalue weighted by Crippen LogP contribution is 2.26. The summed E-state index contributed by atoms with van der Waals surface area (Å²) in [6.45, 7) is 2.64. The lowest BCUT2D eigenvalue weighted by atomic mass is 10.1. The van der Waals surface area contributed by atoms with Crippen molar-refractivity contribution in [3.8, 4) is 0 Å². The van der Waals surface area contributed by atoms with Crippen molar-refractivity contribution < 1.29 is 23.7 Å². The lowest BCUT2D eigenvalue weighted by Crippen LogP contribution is -2.30. The fourth-order valence-electron chi connectivity index (χ4n) is 2.17. The van der Waals surface area contributed by atoms with Crippen molar-refractivity contribution in [2.45, 2.75) is 57.5 Å². The predicted octanol–water partition coefficient (Wildman–Crippen LogP) is 3.35. The van der Waals surface area contributed by atoms with Gasteiger partial charge in [-0.2, -0.15) is 0 Å². The van der Waals surface area contributed by atoms with E-state index in [-0.39, 0.29) is 5.97 Å². The molecule has 0 saturated heterocycles. The average molecular weight is 312 g/mol. The quantitative estimate of drug-likeness (QED) is 0.253. The van der Waals surface area contributed by atoms with E-state index < -0.39 is 12.1 Å². The third kappa shape index (κ3) is 6.73. The lowest BCUT2D eigenvalue weighted by Gasteiger charge is -2.23. The van der Waals surface area contributed by atoms with Crippen molar-refractivity contribution in [3.63, 3.8) is 0 Å². The van der Waals surface area contributed by atoms with Crippen LogP contribution < -0.4 is 0 Å². The van der Waals surface area contributed by atoms with Crippen molar-refractivity contribution in [3.05, 3.63) is 24.3 Å². The molecule has 1 heterocycles. The summed E-state index contributed by atoms with van der Waals surface area (Å²) in [5, 5.41) is 0. The number of hydrogen-bond acceptors (Lipinski definition) is 5. The molecule has 5 heteroatoms. The van der Waals surface area contributed by atoms with Crippen LogP contribution in [0, 0.1) is 0 Å². The molecule has 0 aromatic heterocycles. The van der Waals surface area contributed by atoms with E-state index in [0.29, 0.717) is 6.61 Å². The smallest absolute Gasteiger partial charge is 0.330 e. The third-order valence-corrected chi connectivity index (χ3v) is 3.53. The Hall–Kier alpha value is -1.17. The van der Waals surface area contributed by atoms with Crippen LogP contribution in [0.3, 0.4) is 0 Å². The van der Waals surface area contributed by atoms with Crippen LogP contribution in [-0.2, 0) is 23.7 Å². The molecule has 1 aliphatic rings. The van der Waals surface area contributed by atoms with Crippen molar-refractivity contribution in [1.29, 1.82) is 0 Å². The van der Waals surface area contributed by atoms with E-state index in [1.807, 2.05) is 0 Å². The fraction of sp³-hybridized carbons (Fsp3) is 0.706. The molecule has 0 aromatic rings. The topological polar surface area (TPSA) is 54.0 Å². The summed E-state index contributed by atoms with van der Waals surface area (Å²) in [4.78, 5) is 11.7. The first kappa shape index (κ1) is 18.9. The Bertz CT molecular complexity index is 377. The monoisotopic (exact) mass is 312 g/mol. The van der Waals surface area contributed by atoms with E-state index >= 15 is 0 Å². The number of unbranched alkanes of at least 4 members (excludes halogenated alkanes) is 5. The molecular formula is C17H28O5. The second kappa shape index (κ2) is 10.5. The number of rotatable bonds is 11. The van der Waals surface area contributed by atoms with Crippen molar-refractivity contribution in [2.75, 3.05) is 20.8 Å². The Morgan fingerprint density at radius 2 is 1.95 bits per heavy atom. The highest BCUT2D eigenvalue weighted by molar-refractivity contribution is 5.82. The van der Waals surface area contributed by atoms with Gasteiger partial charge in [-0.1, -0.05) is 39.0 Å². The minimum absolute atomic E-state index is 0.386. The van der Waals surface area contributed by atoms with E-state index in [0.717, 1.165) is 12.8 Å². The van der Waals surface area contributed by atoms with E-state index in [1.54, 1.807) is 19.3 Å². The minimum atomic E-state index is -1.06. The first-order chi connectivity index (χ1) is 10.7. The molecule has 0 radical (unpaired) electrons. The lowest BCUT2D eigenvalue weighted by molar-refractivity contribution is -0.217. The van der Waals surface area contributed by atoms with Gasteiger partial charge in [0.2, 0.25) is 5.79 Å². The van der Waals surface area contributed by atoms with Gasteiger partial charge in [-0.25, -0.2) is 4.79 Å². The van der Waals surface area contributed by atoms with Gasteiger partial charge in [-0.3, -0.25) is 0 Å². The number of ether oxygens (including phenoxy) is 4. The Morgan fingerprint density at radius 1 is 1.23 bits per heavy atom. The average Bonchev–Trinajstić information content (AvgIpc) is 2.96. The largest absolute Gasteiger partial charge is 0.463 e. The van der Waals surface area contributed by atoms with Crippen LogP contribution in [0.15, 0.2) is 24.3 Å². The van der Waals surface area contributed by atoms with Crippen LogP contribution in [0.25, 0.3) is 0 Å². The summed E-state index contributed by atoms with van der Waals surface area (Å²) >= 11 is 0. The number of hydrogen-bond donors (Lipinski definition) is 0. The van der Waals surface area contributed by atoms with Gasteiger partial charge >= 0.3 is 5.97 Å². The van der Waals surface area contributed by atoms with Crippen LogP contribution in [0.4, 0.5) is 0 Å². The van der Waals surface area contributed by atoms with Gasteiger partial charge in [0.05, 0.1) is 6.61 Å². The third-order valence-electron chi connectivity index (χ3n) is 3.53. The zero-order valence-corrected chi connectivity index (χ0v) is 13.9. The number of esters is 1. The number of methoxy groups -OCH3 is 2. The maximum Gasteiger partial charge on any atom is 0.330 e. The zero-order valence-electron chi connectivity index (χ0n) is 13.9. The van der Waals surface area contributed by atoms with Crippen LogP contribution in [0.2, 0.25) is 0 Å². The molecule has 0 amide bonds. The molecule has 0 N–H and O–H groups in total. The number of carbonyl (C=O) groups excluding carboxylic acids is 1. The molecule has 5 nitrogen and oxygen atoms in total. The fourth-order valence-corrected chi connectivity index (χ4v) is 2.17. The van der Waals surface area contributed by atoms with Crippen LogP contribution in [-0.4, -0.2) is 38.9 Å². The molecule has 126 valence electrons. The van der Waals surface area contributed by atoms with Crippen LogP contribution in [0.5, 0.6) is 0 Å². The van der Waals surface area contributed by atoms with E-state index in [9.17, 15) is 4.79 Å². The Morgan fingerprint density at radius 3 is 2.59 bits per heavy atom. The maximum atomic E-state index is 11.7. The molecule has 22 heavy (non-hydrogen) atoms. The number of carbonyl (C=O) groups is 1. The summed E-state index contributed by atoms with van der Waals surface area (Å²) in [7, 11) is 3.05. The zero-order chi connectivity index (χ0) is 16.3. The normalized spacial score (nSPS) is 24.2. The van der Waals surface area contributed by atoms with Crippen molar-refractivity contribution in [1.82, 2.24) is 0 Å². The summed E-state index contributed by atoms with van der Waals surface area (Å²) in [5.74, 6) is -1.44. The Kier molecular flexibility index (Phi) is 9.04. The molecule has 1 aliphatic heterocycles. The Labute approximate surface area is 133 Å². The highest BCUT2D eigenvalue weighted by Gasteiger charge is 2.33. The van der Waals surface area contributed by atoms with Gasteiger partial charge in [0.15, 0.2) is 6.29 Å². The summed E-state index contributed by atoms with van der Waals surface area (Å²) in [6, 6.07) is 0. The minimum Gasteiger partial charge on any atom is -0.463 e. The molecule has 0 bridgehead atoms. The molecule has 1 rings (SSSR count). The van der Waals surface area contributed by atoms with Crippen molar-refractivity contribution in [2.24, 2.45) is 0 Å². The molecule has 0 aliphatic carbocycles. The standard InChI is InChI=1S/C17H28O5/c1-4-5-6-7-8-9-14-21-15(18)10-12-17(20-3)13-11-16(19-2)22-17/h10-13,16H,4-9,14H2,1-3H3/b12-10+. The van der Waals surface area contributed by atoms with Gasteiger partial charge in [-0.05, 0) is 24.6 Å². The molecule has 2 atom stereocenters. The van der Waals surface area contributed by atoms with Gasteiger partial charge < -0.3 is 18.9 Å². The summed E-state index contributed by atoms with van der Waals surface area (Å²) < 4.78 is 21.0. The molecule has 0 fully saturated rings. The Balaban J connectivity index is 2.22. The van der Waals surface area contributed by atoms with Crippen molar-refractivity contribution >= 4 is 5.97 Å². The van der Waals surface area contributed by atoms with Gasteiger partial charge in [0, 0.05) is 20.3 Å². The molecule has 0 spiro atoms. The SMILES string of the molecule is CCCCCCCCOC(=O)/C=C/C1(OC)C=CC(OC)O1. The van der Waals surface area contributed by atoms with E-state index in [1.165, 1.54) is 44.9 Å². The summed E-state index contributed by atoms with van der Waals surface area (Å²) in [5.41, 5.74) is 0. The molecule has 0 aromatic carbocycles. The van der Waals surface area contributed by atoms with Crippen LogP contribution in [0.1, 0.15) is 45.4 Å². The first-order valence-electron chi connectivity index (χ1n) is 7.97. The first-order valence-corrected chi connectivity index (χ1v) is 7.97. The highest BCUT2D eigenvalue weighted by atomic mass is 16.8. The van der Waals surface area contributed by atoms with E-state index in [2.05, 4.69) is 6.92 Å². The second-order valence-electron chi connectivity index (χ2n) is 5.28. The molecule has 0 saturated carbocycles. The van der Waals surface area contributed by atoms with Crippen LogP contribution >= 0.6 is 0 Å². The van der Waals surface area contributed by atoms with Gasteiger partial charge in [-0.15, -0.1) is 0 Å². The maximum absolute atomic E-state index is 11.7. The molecular weight excluding hydrogens is 284 g/mol. The van der Waals surface area contributed by atoms with Gasteiger partial charge in [0.25, 0.3) is 0 Å². The summed E-state index contributed by atoms with van der Waals surface area (Å²) in [6.07, 6.45) is 12.8. The predicted molar refractivity (Wildman–Crippen MR) is 84.2 cm³/mol. The second-order valence-corrected chi connectivity index (χ2v) is 5.28. The molecule has 2 unspecified atom stereocenters.